The van der Waals surface area contributed by atoms with Crippen LogP contribution in [-0.4, -0.2) is 17.1 Å². The van der Waals surface area contributed by atoms with E-state index in [1.54, 1.807) is 11.3 Å². The predicted octanol–water partition coefficient (Wildman–Crippen LogP) is 3.65. The molecule has 1 fully saturated rings. The standard InChI is InChI=1S/C17H22N2O2S/c1-3-21-13-9-10-14-15(11-13)22-17(19(14)2)18-16(20)12-7-5-4-6-8-12/h9-12H,3-8H2,1-2H3. The summed E-state index contributed by atoms with van der Waals surface area (Å²) in [7, 11) is 1.96. The second kappa shape index (κ2) is 6.65. The van der Waals surface area contributed by atoms with Gasteiger partial charge in [0.05, 0.1) is 16.8 Å². The normalized spacial score (nSPS) is 17.1. The predicted molar refractivity (Wildman–Crippen MR) is 89.1 cm³/mol. The third-order valence-electron chi connectivity index (χ3n) is 4.25. The van der Waals surface area contributed by atoms with Crippen LogP contribution in [0.15, 0.2) is 23.2 Å². The minimum Gasteiger partial charge on any atom is -0.494 e. The fourth-order valence-electron chi connectivity index (χ4n) is 3.01. The molecular weight excluding hydrogens is 296 g/mol. The molecule has 1 aliphatic rings. The topological polar surface area (TPSA) is 43.6 Å². The van der Waals surface area contributed by atoms with Gasteiger partial charge in [-0.3, -0.25) is 4.79 Å². The van der Waals surface area contributed by atoms with Gasteiger partial charge in [0.25, 0.3) is 5.91 Å². The van der Waals surface area contributed by atoms with Gasteiger partial charge >= 0.3 is 0 Å². The quantitative estimate of drug-likeness (QED) is 0.867. The molecule has 118 valence electrons. The Balaban J connectivity index is 1.94. The van der Waals surface area contributed by atoms with Gasteiger partial charge in [-0.25, -0.2) is 0 Å². The lowest BCUT2D eigenvalue weighted by Crippen LogP contribution is -2.20. The summed E-state index contributed by atoms with van der Waals surface area (Å²) in [5.41, 5.74) is 1.09. The molecule has 0 N–H and O–H groups in total. The molecule has 1 aliphatic carbocycles. The first-order valence-electron chi connectivity index (χ1n) is 8.00. The molecule has 22 heavy (non-hydrogen) atoms. The number of benzene rings is 1. The first-order valence-corrected chi connectivity index (χ1v) is 8.81. The third kappa shape index (κ3) is 3.09. The molecule has 0 bridgehead atoms. The minimum absolute atomic E-state index is 0.0480. The van der Waals surface area contributed by atoms with Crippen LogP contribution in [0.2, 0.25) is 0 Å². The summed E-state index contributed by atoms with van der Waals surface area (Å²) in [5, 5.41) is 0. The number of hydrogen-bond donors (Lipinski definition) is 0. The second-order valence-electron chi connectivity index (χ2n) is 5.79. The number of aryl methyl sites for hydroxylation is 1. The molecule has 0 saturated heterocycles. The van der Waals surface area contributed by atoms with Crippen molar-refractivity contribution in [2.75, 3.05) is 6.61 Å². The number of thiazole rings is 1. The molecule has 2 aromatic rings. The Morgan fingerprint density at radius 2 is 2.14 bits per heavy atom. The van der Waals surface area contributed by atoms with Gasteiger partial charge in [-0.05, 0) is 38.0 Å². The number of fused-ring (bicyclic) bond motifs is 1. The summed E-state index contributed by atoms with van der Waals surface area (Å²) in [6.45, 7) is 2.63. The average Bonchev–Trinajstić information content (AvgIpc) is 2.84. The maximum Gasteiger partial charge on any atom is 0.251 e. The van der Waals surface area contributed by atoms with Crippen molar-refractivity contribution in [1.82, 2.24) is 4.57 Å². The molecule has 1 aromatic heterocycles. The molecule has 1 aromatic carbocycles. The van der Waals surface area contributed by atoms with Crippen molar-refractivity contribution < 1.29 is 9.53 Å². The van der Waals surface area contributed by atoms with Gasteiger partial charge in [-0.15, -0.1) is 0 Å². The lowest BCUT2D eigenvalue weighted by molar-refractivity contribution is -0.122. The summed E-state index contributed by atoms with van der Waals surface area (Å²) < 4.78 is 8.64. The highest BCUT2D eigenvalue weighted by molar-refractivity contribution is 7.16. The van der Waals surface area contributed by atoms with Crippen LogP contribution in [0, 0.1) is 5.92 Å². The van der Waals surface area contributed by atoms with Gasteiger partial charge in [0.2, 0.25) is 0 Å². The van der Waals surface area contributed by atoms with Crippen molar-refractivity contribution in [3.8, 4) is 5.75 Å². The van der Waals surface area contributed by atoms with Gasteiger partial charge in [0.15, 0.2) is 4.80 Å². The van der Waals surface area contributed by atoms with Gasteiger partial charge in [-0.1, -0.05) is 30.6 Å². The second-order valence-corrected chi connectivity index (χ2v) is 6.80. The van der Waals surface area contributed by atoms with E-state index in [4.69, 9.17) is 4.74 Å². The zero-order chi connectivity index (χ0) is 15.5. The fourth-order valence-corrected chi connectivity index (χ4v) is 4.06. The van der Waals surface area contributed by atoms with Crippen LogP contribution in [0.1, 0.15) is 39.0 Å². The molecule has 1 amide bonds. The zero-order valence-electron chi connectivity index (χ0n) is 13.2. The van der Waals surface area contributed by atoms with Crippen LogP contribution in [-0.2, 0) is 11.8 Å². The molecule has 0 radical (unpaired) electrons. The van der Waals surface area contributed by atoms with Gasteiger partial charge in [-0.2, -0.15) is 4.99 Å². The monoisotopic (exact) mass is 318 g/mol. The number of rotatable bonds is 3. The number of aromatic nitrogens is 1. The molecule has 5 heteroatoms. The van der Waals surface area contributed by atoms with Crippen LogP contribution >= 0.6 is 11.3 Å². The Hall–Kier alpha value is -1.62. The summed E-state index contributed by atoms with van der Waals surface area (Å²) in [6, 6.07) is 6.01. The molecule has 0 unspecified atom stereocenters. The zero-order valence-corrected chi connectivity index (χ0v) is 14.0. The van der Waals surface area contributed by atoms with Crippen molar-refractivity contribution in [2.24, 2.45) is 18.0 Å². The summed E-state index contributed by atoms with van der Waals surface area (Å²) in [4.78, 5) is 17.5. The Morgan fingerprint density at radius 1 is 1.36 bits per heavy atom. The summed E-state index contributed by atoms with van der Waals surface area (Å²) >= 11 is 1.55. The Morgan fingerprint density at radius 3 is 2.86 bits per heavy atom. The van der Waals surface area contributed by atoms with E-state index < -0.39 is 0 Å². The molecule has 3 rings (SSSR count). The maximum atomic E-state index is 12.4. The average molecular weight is 318 g/mol. The van der Waals surface area contributed by atoms with E-state index in [9.17, 15) is 4.79 Å². The number of carbonyl (C=O) groups is 1. The van der Waals surface area contributed by atoms with Crippen LogP contribution in [0.25, 0.3) is 10.2 Å². The SMILES string of the molecule is CCOc1ccc2c(c1)sc(=NC(=O)C1CCCCC1)n2C. The number of nitrogens with zero attached hydrogens (tertiary/aromatic N) is 2. The molecule has 0 aliphatic heterocycles. The summed E-state index contributed by atoms with van der Waals surface area (Å²) in [6.07, 6.45) is 5.54. The number of hydrogen-bond acceptors (Lipinski definition) is 3. The molecular formula is C17H22N2O2S. The van der Waals surface area contributed by atoms with Crippen LogP contribution < -0.4 is 9.54 Å². The van der Waals surface area contributed by atoms with E-state index >= 15 is 0 Å². The lowest BCUT2D eigenvalue weighted by Gasteiger charge is -2.17. The first-order chi connectivity index (χ1) is 10.7. The van der Waals surface area contributed by atoms with E-state index in [0.717, 1.165) is 46.5 Å². The van der Waals surface area contributed by atoms with Crippen LogP contribution in [0.4, 0.5) is 0 Å². The van der Waals surface area contributed by atoms with Crippen LogP contribution in [0.5, 0.6) is 5.75 Å². The third-order valence-corrected chi connectivity index (χ3v) is 5.35. The molecule has 4 nitrogen and oxygen atoms in total. The van der Waals surface area contributed by atoms with E-state index in [0.29, 0.717) is 6.61 Å². The van der Waals surface area contributed by atoms with Crippen molar-refractivity contribution in [1.29, 1.82) is 0 Å². The highest BCUT2D eigenvalue weighted by Crippen LogP contribution is 2.25. The first kappa shape index (κ1) is 15.3. The highest BCUT2D eigenvalue weighted by atomic mass is 32.1. The molecule has 1 heterocycles. The number of amides is 1. The van der Waals surface area contributed by atoms with Crippen molar-refractivity contribution in [3.05, 3.63) is 23.0 Å². The van der Waals surface area contributed by atoms with Crippen LogP contribution in [0.3, 0.4) is 0 Å². The van der Waals surface area contributed by atoms with E-state index in [1.165, 1.54) is 6.42 Å². The van der Waals surface area contributed by atoms with Crippen molar-refractivity contribution in [2.45, 2.75) is 39.0 Å². The van der Waals surface area contributed by atoms with Gasteiger partial charge < -0.3 is 9.30 Å². The van der Waals surface area contributed by atoms with E-state index in [1.807, 2.05) is 36.7 Å². The fraction of sp³-hybridized carbons (Fsp3) is 0.529. The highest BCUT2D eigenvalue weighted by Gasteiger charge is 2.20. The molecule has 0 atom stereocenters. The maximum absolute atomic E-state index is 12.4. The summed E-state index contributed by atoms with van der Waals surface area (Å²) in [5.74, 6) is 1.03. The number of ether oxygens (including phenoxy) is 1. The Kier molecular flexibility index (Phi) is 4.62. The molecule has 0 spiro atoms. The van der Waals surface area contributed by atoms with E-state index in [-0.39, 0.29) is 11.8 Å². The van der Waals surface area contributed by atoms with Crippen molar-refractivity contribution >= 4 is 27.5 Å². The Bertz CT molecular complexity index is 739. The number of carbonyl (C=O) groups excluding carboxylic acids is 1. The molecule has 1 saturated carbocycles. The van der Waals surface area contributed by atoms with Gasteiger partial charge in [0.1, 0.15) is 5.75 Å². The lowest BCUT2D eigenvalue weighted by atomic mass is 9.89. The van der Waals surface area contributed by atoms with Gasteiger partial charge in [0, 0.05) is 13.0 Å². The van der Waals surface area contributed by atoms with E-state index in [2.05, 4.69) is 4.99 Å². The van der Waals surface area contributed by atoms with Crippen molar-refractivity contribution in [3.63, 3.8) is 0 Å². The Labute approximate surface area is 134 Å². The smallest absolute Gasteiger partial charge is 0.251 e. The largest absolute Gasteiger partial charge is 0.494 e. The minimum atomic E-state index is 0.0480.